The monoisotopic (exact) mass is 400 g/mol. The van der Waals surface area contributed by atoms with E-state index >= 15 is 0 Å². The highest BCUT2D eigenvalue weighted by atomic mass is 35.5. The van der Waals surface area contributed by atoms with Crippen LogP contribution in [0.15, 0.2) is 47.4 Å². The SMILES string of the molecule is C[C@H](OC(=O)c1ccc(Cl)cc1N)C(=O)Nc1ccc(SC(F)F)cc1. The Hall–Kier alpha value is -2.32. The molecule has 9 heteroatoms. The summed E-state index contributed by atoms with van der Waals surface area (Å²) in [6.07, 6.45) is -1.09. The highest BCUT2D eigenvalue weighted by Crippen LogP contribution is 2.26. The zero-order chi connectivity index (χ0) is 19.3. The van der Waals surface area contributed by atoms with Crippen LogP contribution in [0.1, 0.15) is 17.3 Å². The maximum atomic E-state index is 12.3. The van der Waals surface area contributed by atoms with Gasteiger partial charge in [-0.25, -0.2) is 4.79 Å². The van der Waals surface area contributed by atoms with Crippen molar-refractivity contribution in [1.82, 2.24) is 0 Å². The number of halogens is 3. The standard InChI is InChI=1S/C17H15ClF2N2O3S/c1-9(25-16(24)13-7-2-10(18)8-14(13)21)15(23)22-11-3-5-12(6-4-11)26-17(19)20/h2-9,17H,21H2,1H3,(H,22,23)/t9-/m0/s1. The third-order valence-electron chi connectivity index (χ3n) is 3.23. The largest absolute Gasteiger partial charge is 0.449 e. The summed E-state index contributed by atoms with van der Waals surface area (Å²) in [6, 6.07) is 10.2. The molecule has 0 aliphatic rings. The number of nitrogens with two attached hydrogens (primary N) is 1. The van der Waals surface area contributed by atoms with Crippen LogP contribution >= 0.6 is 23.4 Å². The number of ether oxygens (including phenoxy) is 1. The Morgan fingerprint density at radius 1 is 1.19 bits per heavy atom. The van der Waals surface area contributed by atoms with E-state index in [9.17, 15) is 18.4 Å². The zero-order valence-corrected chi connectivity index (χ0v) is 15.1. The first-order valence-corrected chi connectivity index (χ1v) is 8.64. The smallest absolute Gasteiger partial charge is 0.341 e. The van der Waals surface area contributed by atoms with Crippen molar-refractivity contribution in [1.29, 1.82) is 0 Å². The van der Waals surface area contributed by atoms with Crippen LogP contribution in [0, 0.1) is 0 Å². The Kier molecular flexibility index (Phi) is 6.82. The molecule has 2 rings (SSSR count). The first-order chi connectivity index (χ1) is 12.3. The van der Waals surface area contributed by atoms with E-state index < -0.39 is 23.7 Å². The molecule has 0 aliphatic heterocycles. The number of nitrogens with one attached hydrogen (secondary N) is 1. The number of hydrogen-bond donors (Lipinski definition) is 2. The third kappa shape index (κ3) is 5.60. The number of anilines is 2. The molecule has 0 unspecified atom stereocenters. The van der Waals surface area contributed by atoms with Crippen LogP contribution in [0.2, 0.25) is 5.02 Å². The fourth-order valence-electron chi connectivity index (χ4n) is 1.96. The van der Waals surface area contributed by atoms with E-state index in [1.807, 2.05) is 0 Å². The maximum Gasteiger partial charge on any atom is 0.341 e. The number of thioether (sulfide) groups is 1. The molecule has 2 aromatic rings. The van der Waals surface area contributed by atoms with E-state index in [0.29, 0.717) is 27.4 Å². The average molecular weight is 401 g/mol. The number of hydrogen-bond acceptors (Lipinski definition) is 5. The summed E-state index contributed by atoms with van der Waals surface area (Å²) < 4.78 is 29.6. The number of rotatable bonds is 6. The second-order valence-electron chi connectivity index (χ2n) is 5.17. The molecule has 0 saturated heterocycles. The van der Waals surface area contributed by atoms with Gasteiger partial charge in [-0.3, -0.25) is 4.79 Å². The van der Waals surface area contributed by atoms with E-state index in [-0.39, 0.29) is 11.3 Å². The van der Waals surface area contributed by atoms with Crippen molar-refractivity contribution < 1.29 is 23.1 Å². The second-order valence-corrected chi connectivity index (χ2v) is 6.67. The molecule has 1 atom stereocenters. The normalized spacial score (nSPS) is 11.9. The summed E-state index contributed by atoms with van der Waals surface area (Å²) in [5, 5.41) is 2.91. The predicted octanol–water partition coefficient (Wildman–Crippen LogP) is 4.42. The molecule has 0 radical (unpaired) electrons. The first kappa shape index (κ1) is 20.0. The number of benzene rings is 2. The van der Waals surface area contributed by atoms with Gasteiger partial charge in [-0.2, -0.15) is 8.78 Å². The topological polar surface area (TPSA) is 81.4 Å². The van der Waals surface area contributed by atoms with E-state index in [4.69, 9.17) is 22.1 Å². The van der Waals surface area contributed by atoms with Gasteiger partial charge in [-0.1, -0.05) is 23.4 Å². The molecule has 0 aromatic heterocycles. The Morgan fingerprint density at radius 3 is 2.42 bits per heavy atom. The number of carbonyl (C=O) groups is 2. The van der Waals surface area contributed by atoms with Gasteiger partial charge in [0, 0.05) is 21.3 Å². The summed E-state index contributed by atoms with van der Waals surface area (Å²) in [5.74, 6) is -3.85. The fraction of sp³-hybridized carbons (Fsp3) is 0.176. The summed E-state index contributed by atoms with van der Waals surface area (Å²) >= 11 is 6.17. The zero-order valence-electron chi connectivity index (χ0n) is 13.5. The second kappa shape index (κ2) is 8.86. The lowest BCUT2D eigenvalue weighted by Crippen LogP contribution is -2.30. The molecule has 0 heterocycles. The molecule has 0 saturated carbocycles. The lowest BCUT2D eigenvalue weighted by Gasteiger charge is -2.14. The minimum absolute atomic E-state index is 0.0995. The Labute approximate surface area is 157 Å². The molecule has 2 aromatic carbocycles. The lowest BCUT2D eigenvalue weighted by atomic mass is 10.2. The highest BCUT2D eigenvalue weighted by molar-refractivity contribution is 7.99. The van der Waals surface area contributed by atoms with Crippen LogP contribution in [-0.4, -0.2) is 23.7 Å². The van der Waals surface area contributed by atoms with Gasteiger partial charge in [0.1, 0.15) is 0 Å². The minimum atomic E-state index is -2.52. The molecule has 138 valence electrons. The number of nitrogen functional groups attached to an aromatic ring is 1. The molecule has 0 bridgehead atoms. The fourth-order valence-corrected chi connectivity index (χ4v) is 2.64. The molecular formula is C17H15ClF2N2O3S. The molecular weight excluding hydrogens is 386 g/mol. The first-order valence-electron chi connectivity index (χ1n) is 7.38. The van der Waals surface area contributed by atoms with Crippen molar-refractivity contribution in [3.05, 3.63) is 53.1 Å². The summed E-state index contributed by atoms with van der Waals surface area (Å²) in [5.41, 5.74) is 6.34. The molecule has 0 fully saturated rings. The number of alkyl halides is 2. The van der Waals surface area contributed by atoms with Crippen LogP contribution in [0.3, 0.4) is 0 Å². The third-order valence-corrected chi connectivity index (χ3v) is 4.19. The molecule has 3 N–H and O–H groups in total. The van der Waals surface area contributed by atoms with Gasteiger partial charge < -0.3 is 15.8 Å². The van der Waals surface area contributed by atoms with Gasteiger partial charge in [0.25, 0.3) is 11.7 Å². The van der Waals surface area contributed by atoms with Gasteiger partial charge in [0.2, 0.25) is 0 Å². The van der Waals surface area contributed by atoms with Crippen LogP contribution in [-0.2, 0) is 9.53 Å². The maximum absolute atomic E-state index is 12.3. The Morgan fingerprint density at radius 2 is 1.85 bits per heavy atom. The number of amides is 1. The molecule has 5 nitrogen and oxygen atoms in total. The van der Waals surface area contributed by atoms with Gasteiger partial charge in [0.05, 0.1) is 5.56 Å². The average Bonchev–Trinajstić information content (AvgIpc) is 2.55. The molecule has 26 heavy (non-hydrogen) atoms. The Balaban J connectivity index is 1.95. The number of esters is 1. The van der Waals surface area contributed by atoms with E-state index in [2.05, 4.69) is 5.32 Å². The van der Waals surface area contributed by atoms with E-state index in [1.165, 1.54) is 49.4 Å². The molecule has 1 amide bonds. The van der Waals surface area contributed by atoms with Crippen LogP contribution in [0.4, 0.5) is 20.2 Å². The van der Waals surface area contributed by atoms with Gasteiger partial charge >= 0.3 is 5.97 Å². The summed E-state index contributed by atoms with van der Waals surface area (Å²) in [4.78, 5) is 24.6. The highest BCUT2D eigenvalue weighted by Gasteiger charge is 2.20. The van der Waals surface area contributed by atoms with Crippen LogP contribution < -0.4 is 11.1 Å². The van der Waals surface area contributed by atoms with Crippen LogP contribution in [0.5, 0.6) is 0 Å². The van der Waals surface area contributed by atoms with Crippen molar-refractivity contribution in [2.45, 2.75) is 23.7 Å². The summed E-state index contributed by atoms with van der Waals surface area (Å²) in [7, 11) is 0. The van der Waals surface area contributed by atoms with Gasteiger partial charge in [-0.05, 0) is 49.4 Å². The molecule has 0 spiro atoms. The molecule has 0 aliphatic carbocycles. The van der Waals surface area contributed by atoms with Crippen molar-refractivity contribution in [3.63, 3.8) is 0 Å². The van der Waals surface area contributed by atoms with Crippen molar-refractivity contribution in [2.24, 2.45) is 0 Å². The van der Waals surface area contributed by atoms with Crippen molar-refractivity contribution in [2.75, 3.05) is 11.1 Å². The Bertz CT molecular complexity index is 803. The summed E-state index contributed by atoms with van der Waals surface area (Å²) in [6.45, 7) is 1.40. The van der Waals surface area contributed by atoms with Gasteiger partial charge in [-0.15, -0.1) is 0 Å². The predicted molar refractivity (Wildman–Crippen MR) is 97.7 cm³/mol. The van der Waals surface area contributed by atoms with Gasteiger partial charge in [0.15, 0.2) is 6.10 Å². The van der Waals surface area contributed by atoms with E-state index in [1.54, 1.807) is 0 Å². The van der Waals surface area contributed by atoms with E-state index in [0.717, 1.165) is 0 Å². The minimum Gasteiger partial charge on any atom is -0.449 e. The quantitative estimate of drug-likeness (QED) is 0.426. The van der Waals surface area contributed by atoms with Crippen molar-refractivity contribution >= 4 is 46.6 Å². The van der Waals surface area contributed by atoms with Crippen molar-refractivity contribution in [3.8, 4) is 0 Å². The lowest BCUT2D eigenvalue weighted by molar-refractivity contribution is -0.123. The number of carbonyl (C=O) groups excluding carboxylic acids is 2. The van der Waals surface area contributed by atoms with Crippen LogP contribution in [0.25, 0.3) is 0 Å².